The first-order valence-corrected chi connectivity index (χ1v) is 20.1. The minimum Gasteiger partial charge on any atom is -0.493 e. The van der Waals surface area contributed by atoms with Gasteiger partial charge in [0.05, 0.1) is 44.6 Å². The van der Waals surface area contributed by atoms with Gasteiger partial charge in [0.2, 0.25) is 5.91 Å². The van der Waals surface area contributed by atoms with Crippen LogP contribution in [-0.2, 0) is 29.4 Å². The number of thiazole rings is 1. The Labute approximate surface area is 313 Å². The number of nitrogens with zero attached hydrogens (tertiary/aromatic N) is 3. The smallest absolute Gasteiger partial charge is 0.493 e. The first-order chi connectivity index (χ1) is 25.9. The van der Waals surface area contributed by atoms with Crippen molar-refractivity contribution < 1.29 is 55.7 Å². The van der Waals surface area contributed by atoms with E-state index in [2.05, 4.69) is 30.9 Å². The molecule has 17 nitrogen and oxygen atoms in total. The van der Waals surface area contributed by atoms with Crippen LogP contribution >= 0.6 is 27.0 Å². The predicted molar refractivity (Wildman–Crippen MR) is 199 cm³/mol. The maximum atomic E-state index is 13.5. The monoisotopic (exact) mass is 806 g/mol. The van der Waals surface area contributed by atoms with Crippen LogP contribution in [0.1, 0.15) is 25.1 Å². The zero-order valence-corrected chi connectivity index (χ0v) is 31.8. The molecule has 5 rings (SSSR count). The molecule has 0 saturated carbocycles. The number of hydrogen-bond donors (Lipinski definition) is 5. The number of phosphoric acid groups is 2. The Hall–Kier alpha value is -4.87. The van der Waals surface area contributed by atoms with E-state index in [0.717, 1.165) is 0 Å². The number of hydrogen-bond acceptors (Lipinski definition) is 15. The molecule has 0 aliphatic rings. The zero-order chi connectivity index (χ0) is 38.7. The number of halogens is 1. The number of fused-ring (bicyclic) bond motifs is 1. The van der Waals surface area contributed by atoms with Crippen LogP contribution in [-0.4, -0.2) is 64.1 Å². The lowest BCUT2D eigenvalue weighted by atomic mass is 10.2. The van der Waals surface area contributed by atoms with E-state index in [9.17, 15) is 28.1 Å². The molecule has 0 saturated heterocycles. The van der Waals surface area contributed by atoms with Crippen molar-refractivity contribution in [2.45, 2.75) is 26.7 Å². The van der Waals surface area contributed by atoms with Crippen molar-refractivity contribution in [2.75, 3.05) is 49.4 Å². The zero-order valence-electron chi connectivity index (χ0n) is 29.2. The third-order valence-corrected chi connectivity index (χ3v) is 9.96. The highest BCUT2D eigenvalue weighted by Gasteiger charge is 2.26. The number of amides is 1. The summed E-state index contributed by atoms with van der Waals surface area (Å²) in [5.41, 5.74) is 1.08. The van der Waals surface area contributed by atoms with Crippen LogP contribution in [0.25, 0.3) is 10.9 Å². The number of carbonyl (C=O) groups excluding carboxylic acids is 1. The van der Waals surface area contributed by atoms with Crippen LogP contribution in [0.3, 0.4) is 0 Å². The Morgan fingerprint density at radius 3 is 2.44 bits per heavy atom. The van der Waals surface area contributed by atoms with Crippen LogP contribution in [0, 0.1) is 5.82 Å². The Balaban J connectivity index is 1.21. The highest BCUT2D eigenvalue weighted by atomic mass is 32.1. The molecule has 288 valence electrons. The second-order valence-corrected chi connectivity index (χ2v) is 14.8. The van der Waals surface area contributed by atoms with E-state index in [1.165, 1.54) is 75.0 Å². The molecule has 2 atom stereocenters. The van der Waals surface area contributed by atoms with E-state index in [0.29, 0.717) is 50.3 Å². The number of carbonyl (C=O) groups is 1. The summed E-state index contributed by atoms with van der Waals surface area (Å²) in [6, 6.07) is 12.9. The van der Waals surface area contributed by atoms with E-state index in [1.807, 2.05) is 0 Å². The minimum atomic E-state index is -4.45. The summed E-state index contributed by atoms with van der Waals surface area (Å²) in [6.07, 6.45) is 3.40. The molecule has 0 radical (unpaired) electrons. The van der Waals surface area contributed by atoms with Gasteiger partial charge >= 0.3 is 15.6 Å². The fraction of sp³-hybridized carbons (Fsp3) is 0.273. The van der Waals surface area contributed by atoms with Crippen LogP contribution < -0.4 is 34.5 Å². The van der Waals surface area contributed by atoms with Crippen LogP contribution in [0.4, 0.5) is 26.7 Å². The predicted octanol–water partition coefficient (Wildman–Crippen LogP) is 7.07. The molecular formula is C33H37FN6O11P2S. The molecule has 0 spiro atoms. The largest absolute Gasteiger partial charge is 0.527 e. The summed E-state index contributed by atoms with van der Waals surface area (Å²) < 4.78 is 69.4. The number of rotatable bonds is 20. The molecule has 0 aliphatic carbocycles. The van der Waals surface area contributed by atoms with Crippen molar-refractivity contribution in [2.24, 2.45) is 0 Å². The van der Waals surface area contributed by atoms with Crippen molar-refractivity contribution in [1.29, 1.82) is 0 Å². The van der Waals surface area contributed by atoms with Gasteiger partial charge in [-0.2, -0.15) is 0 Å². The number of benzene rings is 3. The first-order valence-electron chi connectivity index (χ1n) is 16.3. The Morgan fingerprint density at radius 2 is 1.70 bits per heavy atom. The fourth-order valence-corrected chi connectivity index (χ4v) is 7.17. The Bertz CT molecular complexity index is 2180. The van der Waals surface area contributed by atoms with Gasteiger partial charge in [0, 0.05) is 40.8 Å². The number of ether oxygens (including phenoxy) is 2. The van der Waals surface area contributed by atoms with Gasteiger partial charge < -0.3 is 34.5 Å². The molecule has 2 heterocycles. The van der Waals surface area contributed by atoms with Crippen LogP contribution in [0.5, 0.6) is 23.0 Å². The van der Waals surface area contributed by atoms with Gasteiger partial charge in [0.25, 0.3) is 0 Å². The number of anilines is 4. The molecule has 5 N–H and O–H groups in total. The van der Waals surface area contributed by atoms with Gasteiger partial charge in [0.15, 0.2) is 22.4 Å². The van der Waals surface area contributed by atoms with Gasteiger partial charge in [-0.05, 0) is 56.7 Å². The summed E-state index contributed by atoms with van der Waals surface area (Å²) in [5.74, 6) is 0.368. The maximum absolute atomic E-state index is 13.5. The lowest BCUT2D eigenvalue weighted by Gasteiger charge is -2.18. The summed E-state index contributed by atoms with van der Waals surface area (Å²) >= 11 is 1.26. The quantitative estimate of drug-likeness (QED) is 0.0392. The number of methoxy groups -OCH3 is 1. The van der Waals surface area contributed by atoms with E-state index in [-0.39, 0.29) is 55.9 Å². The molecule has 21 heteroatoms. The second-order valence-electron chi connectivity index (χ2n) is 11.0. The molecule has 1 amide bonds. The average molecular weight is 807 g/mol. The van der Waals surface area contributed by atoms with Gasteiger partial charge in [-0.1, -0.05) is 6.07 Å². The molecule has 3 aromatic carbocycles. The average Bonchev–Trinajstić information content (AvgIpc) is 3.54. The second kappa shape index (κ2) is 18.4. The van der Waals surface area contributed by atoms with Gasteiger partial charge in [0.1, 0.15) is 23.7 Å². The van der Waals surface area contributed by atoms with Crippen molar-refractivity contribution in [3.63, 3.8) is 0 Å². The van der Waals surface area contributed by atoms with Crippen LogP contribution in [0.15, 0.2) is 67.1 Å². The van der Waals surface area contributed by atoms with Crippen molar-refractivity contribution in [1.82, 2.24) is 15.0 Å². The molecule has 0 bridgehead atoms. The van der Waals surface area contributed by atoms with Crippen molar-refractivity contribution >= 4 is 66.1 Å². The Morgan fingerprint density at radius 1 is 0.926 bits per heavy atom. The van der Waals surface area contributed by atoms with Crippen LogP contribution in [0.2, 0.25) is 0 Å². The van der Waals surface area contributed by atoms with Gasteiger partial charge in [-0.3, -0.25) is 23.6 Å². The summed E-state index contributed by atoms with van der Waals surface area (Å²) in [6.45, 7) is 3.39. The third-order valence-electron chi connectivity index (χ3n) is 7.01. The van der Waals surface area contributed by atoms with Gasteiger partial charge in [-0.25, -0.2) is 28.5 Å². The Kier molecular flexibility index (Phi) is 13.8. The van der Waals surface area contributed by atoms with Gasteiger partial charge in [-0.15, -0.1) is 11.3 Å². The van der Waals surface area contributed by atoms with Crippen molar-refractivity contribution in [3.8, 4) is 23.0 Å². The lowest BCUT2D eigenvalue weighted by molar-refractivity contribution is -0.115. The molecule has 2 aromatic heterocycles. The standard InChI is InChI=1S/C33H37FN6O11P2S/c1-4-48-52(42,43)50-23-10-11-28(51-53(44,45)49-5-2)27(15-23)35-12-7-13-47-30-18-26-25(17-29(30)46-3)32(38-20-37-26)40-33-36-19-24(54-33)16-31(41)39-22-9-6-8-21(34)14-22/h6,8-11,14-15,17-20,35H,4-5,7,12-13,16H2,1-3H3,(H,39,41)(H,42,43)(H,44,45)(H,36,37,38,40). The summed E-state index contributed by atoms with van der Waals surface area (Å²) in [5, 5.41) is 9.98. The lowest BCUT2D eigenvalue weighted by Crippen LogP contribution is -2.13. The molecule has 0 fully saturated rings. The normalized spacial score (nSPS) is 13.4. The third kappa shape index (κ3) is 11.6. The van der Waals surface area contributed by atoms with E-state index in [1.54, 1.807) is 24.4 Å². The van der Waals surface area contributed by atoms with E-state index >= 15 is 0 Å². The number of aromatic nitrogens is 3. The highest BCUT2D eigenvalue weighted by molar-refractivity contribution is 7.48. The summed E-state index contributed by atoms with van der Waals surface area (Å²) in [4.78, 5) is 46.2. The maximum Gasteiger partial charge on any atom is 0.527 e. The molecule has 54 heavy (non-hydrogen) atoms. The molecule has 5 aromatic rings. The highest BCUT2D eigenvalue weighted by Crippen LogP contribution is 2.49. The number of nitrogens with one attached hydrogen (secondary N) is 3. The fourth-order valence-electron chi connectivity index (χ4n) is 4.81. The van der Waals surface area contributed by atoms with E-state index < -0.39 is 21.5 Å². The topological polar surface area (TPSA) is 222 Å². The minimum absolute atomic E-state index is 0.0419. The number of phosphoric ester groups is 2. The molecular weight excluding hydrogens is 769 g/mol. The van der Waals surface area contributed by atoms with E-state index in [4.69, 9.17) is 27.6 Å². The molecule has 0 aliphatic heterocycles. The van der Waals surface area contributed by atoms with Crippen molar-refractivity contribution in [3.05, 3.63) is 77.8 Å². The molecule has 2 unspecified atom stereocenters. The first kappa shape index (κ1) is 40.3. The SMILES string of the molecule is CCOP(=O)(O)Oc1ccc(OP(=O)(O)OCC)c(NCCCOc2cc3ncnc(Nc4ncc(CC(=O)Nc5cccc(F)c5)s4)c3cc2OC)c1. The summed E-state index contributed by atoms with van der Waals surface area (Å²) in [7, 11) is -7.36.